The van der Waals surface area contributed by atoms with Crippen LogP contribution in [0, 0.1) is 0 Å². The Bertz CT molecular complexity index is 158. The molecule has 0 aromatic rings. The molecule has 1 aliphatic heterocycles. The Kier molecular flexibility index (Phi) is 1.81. The molecule has 0 radical (unpaired) electrons. The Morgan fingerprint density at radius 3 is 2.50 bits per heavy atom. The van der Waals surface area contributed by atoms with E-state index in [4.69, 9.17) is 5.11 Å². The lowest BCUT2D eigenvalue weighted by Gasteiger charge is -2.27. The maximum absolute atomic E-state index is 10.5. The van der Waals surface area contributed by atoms with Gasteiger partial charge in [0.05, 0.1) is 11.4 Å². The van der Waals surface area contributed by atoms with Gasteiger partial charge in [-0.3, -0.25) is 4.90 Å². The van der Waals surface area contributed by atoms with Crippen molar-refractivity contribution >= 4 is 17.9 Å². The lowest BCUT2D eigenvalue weighted by atomic mass is 10.1. The molecule has 0 unspecified atom stereocenters. The van der Waals surface area contributed by atoms with E-state index in [-0.39, 0.29) is 5.54 Å². The Labute approximate surface area is 64.4 Å². The van der Waals surface area contributed by atoms with Crippen molar-refractivity contribution < 1.29 is 9.90 Å². The van der Waals surface area contributed by atoms with Gasteiger partial charge in [-0.2, -0.15) is 0 Å². The van der Waals surface area contributed by atoms with Crippen molar-refractivity contribution in [3.05, 3.63) is 0 Å². The van der Waals surface area contributed by atoms with Crippen LogP contribution in [-0.2, 0) is 0 Å². The minimum Gasteiger partial charge on any atom is -0.465 e. The van der Waals surface area contributed by atoms with Crippen molar-refractivity contribution in [2.45, 2.75) is 19.4 Å². The second-order valence-corrected chi connectivity index (χ2v) is 3.96. The van der Waals surface area contributed by atoms with Gasteiger partial charge in [-0.25, -0.2) is 4.79 Å². The van der Waals surface area contributed by atoms with Gasteiger partial charge in [0.15, 0.2) is 0 Å². The lowest BCUT2D eigenvalue weighted by Crippen LogP contribution is -2.43. The maximum Gasteiger partial charge on any atom is 0.408 e. The topological polar surface area (TPSA) is 40.5 Å². The van der Waals surface area contributed by atoms with Gasteiger partial charge in [-0.1, -0.05) is 0 Å². The van der Waals surface area contributed by atoms with E-state index >= 15 is 0 Å². The van der Waals surface area contributed by atoms with E-state index in [1.165, 1.54) is 4.90 Å². The molecule has 1 saturated heterocycles. The Balaban J connectivity index is 2.68. The fourth-order valence-corrected chi connectivity index (χ4v) is 2.34. The Morgan fingerprint density at radius 2 is 2.30 bits per heavy atom. The van der Waals surface area contributed by atoms with E-state index in [1.54, 1.807) is 11.8 Å². The molecule has 0 spiro atoms. The van der Waals surface area contributed by atoms with E-state index in [9.17, 15) is 4.79 Å². The molecule has 0 bridgehead atoms. The lowest BCUT2D eigenvalue weighted by molar-refractivity contribution is 0.121. The summed E-state index contributed by atoms with van der Waals surface area (Å²) >= 11 is 1.66. The summed E-state index contributed by atoms with van der Waals surface area (Å²) in [5.74, 6) is 1.52. The van der Waals surface area contributed by atoms with Crippen LogP contribution in [-0.4, -0.2) is 33.3 Å². The summed E-state index contributed by atoms with van der Waals surface area (Å²) in [4.78, 5) is 12.0. The van der Waals surface area contributed by atoms with Crippen LogP contribution in [0.4, 0.5) is 4.79 Å². The van der Waals surface area contributed by atoms with E-state index in [0.29, 0.717) is 5.88 Å². The van der Waals surface area contributed by atoms with E-state index < -0.39 is 6.09 Å². The highest BCUT2D eigenvalue weighted by Crippen LogP contribution is 2.29. The van der Waals surface area contributed by atoms with Gasteiger partial charge in [-0.05, 0) is 13.8 Å². The molecule has 0 atom stereocenters. The maximum atomic E-state index is 10.5. The zero-order valence-corrected chi connectivity index (χ0v) is 6.94. The van der Waals surface area contributed by atoms with Gasteiger partial charge in [0.1, 0.15) is 0 Å². The summed E-state index contributed by atoms with van der Waals surface area (Å²) < 4.78 is 0. The minimum atomic E-state index is -0.810. The number of amides is 1. The molecule has 1 aliphatic rings. The molecule has 4 heteroatoms. The first-order valence-electron chi connectivity index (χ1n) is 3.12. The summed E-state index contributed by atoms with van der Waals surface area (Å²) in [6.45, 7) is 3.89. The van der Waals surface area contributed by atoms with E-state index in [0.717, 1.165) is 5.75 Å². The number of rotatable bonds is 0. The first kappa shape index (κ1) is 7.72. The number of hydrogen-bond donors (Lipinski definition) is 1. The first-order valence-corrected chi connectivity index (χ1v) is 4.28. The molecule has 1 N–H and O–H groups in total. The number of nitrogens with zero attached hydrogens (tertiary/aromatic N) is 1. The molecule has 1 amide bonds. The smallest absolute Gasteiger partial charge is 0.408 e. The zero-order valence-electron chi connectivity index (χ0n) is 6.13. The van der Waals surface area contributed by atoms with Gasteiger partial charge < -0.3 is 5.11 Å². The standard InChI is InChI=1S/C6H11NO2S/c1-6(2)3-10-4-7(6)5(8)9/h3-4H2,1-2H3,(H,8,9). The quantitative estimate of drug-likeness (QED) is 0.584. The molecule has 58 valence electrons. The molecule has 0 aliphatic carbocycles. The van der Waals surface area contributed by atoms with Crippen LogP contribution in [0.3, 0.4) is 0 Å². The van der Waals surface area contributed by atoms with Crippen molar-refractivity contribution in [3.8, 4) is 0 Å². The minimum absolute atomic E-state index is 0.170. The molecule has 1 rings (SSSR count). The van der Waals surface area contributed by atoms with Gasteiger partial charge >= 0.3 is 6.09 Å². The van der Waals surface area contributed by atoms with Crippen LogP contribution in [0.1, 0.15) is 13.8 Å². The van der Waals surface area contributed by atoms with Gasteiger partial charge in [0.2, 0.25) is 0 Å². The van der Waals surface area contributed by atoms with Crippen LogP contribution in [0.25, 0.3) is 0 Å². The third-order valence-electron chi connectivity index (χ3n) is 1.64. The summed E-state index contributed by atoms with van der Waals surface area (Å²) in [5.41, 5.74) is -0.170. The monoisotopic (exact) mass is 161 g/mol. The molecule has 3 nitrogen and oxygen atoms in total. The predicted molar refractivity (Wildman–Crippen MR) is 41.3 cm³/mol. The van der Waals surface area contributed by atoms with Crippen LogP contribution in [0.5, 0.6) is 0 Å². The third kappa shape index (κ3) is 1.21. The molecule has 0 aromatic heterocycles. The average molecular weight is 161 g/mol. The average Bonchev–Trinajstić information content (AvgIpc) is 2.08. The summed E-state index contributed by atoms with van der Waals surface area (Å²) in [5, 5.41) is 8.66. The molecule has 1 heterocycles. The number of hydrogen-bond acceptors (Lipinski definition) is 2. The number of carbonyl (C=O) groups is 1. The number of carboxylic acid groups (broad SMARTS) is 1. The molecule has 0 aromatic carbocycles. The van der Waals surface area contributed by atoms with Crippen molar-refractivity contribution in [2.24, 2.45) is 0 Å². The first-order chi connectivity index (χ1) is 4.54. The molecule has 10 heavy (non-hydrogen) atoms. The second-order valence-electron chi connectivity index (χ2n) is 3.00. The van der Waals surface area contributed by atoms with Crippen molar-refractivity contribution in [3.63, 3.8) is 0 Å². The van der Waals surface area contributed by atoms with Crippen LogP contribution < -0.4 is 0 Å². The second kappa shape index (κ2) is 2.34. The highest BCUT2D eigenvalue weighted by molar-refractivity contribution is 7.99. The molecular weight excluding hydrogens is 150 g/mol. The van der Waals surface area contributed by atoms with E-state index in [2.05, 4.69) is 0 Å². The van der Waals surface area contributed by atoms with Crippen molar-refractivity contribution in [2.75, 3.05) is 11.6 Å². The van der Waals surface area contributed by atoms with Crippen molar-refractivity contribution in [1.82, 2.24) is 4.90 Å². The van der Waals surface area contributed by atoms with Crippen LogP contribution >= 0.6 is 11.8 Å². The van der Waals surface area contributed by atoms with Crippen molar-refractivity contribution in [1.29, 1.82) is 0 Å². The highest BCUT2D eigenvalue weighted by Gasteiger charge is 2.35. The van der Waals surface area contributed by atoms with Crippen LogP contribution in [0.15, 0.2) is 0 Å². The van der Waals surface area contributed by atoms with Crippen LogP contribution in [0.2, 0.25) is 0 Å². The fraction of sp³-hybridized carbons (Fsp3) is 0.833. The Hall–Kier alpha value is -0.380. The fourth-order valence-electron chi connectivity index (χ4n) is 0.953. The summed E-state index contributed by atoms with van der Waals surface area (Å²) in [6, 6.07) is 0. The third-order valence-corrected chi connectivity index (χ3v) is 2.99. The summed E-state index contributed by atoms with van der Waals surface area (Å²) in [7, 11) is 0. The zero-order chi connectivity index (χ0) is 7.78. The SMILES string of the molecule is CC1(C)CSCN1C(=O)O. The van der Waals surface area contributed by atoms with E-state index in [1.807, 2.05) is 13.8 Å². The molecule has 0 saturated carbocycles. The van der Waals surface area contributed by atoms with Gasteiger partial charge in [0.25, 0.3) is 0 Å². The largest absolute Gasteiger partial charge is 0.465 e. The van der Waals surface area contributed by atoms with Gasteiger partial charge in [0, 0.05) is 5.75 Å². The van der Waals surface area contributed by atoms with Gasteiger partial charge in [-0.15, -0.1) is 11.8 Å². The predicted octanol–water partition coefficient (Wildman–Crippen LogP) is 1.45. The summed E-state index contributed by atoms with van der Waals surface area (Å²) in [6.07, 6.45) is -0.810. The highest BCUT2D eigenvalue weighted by atomic mass is 32.2. The molecular formula is C6H11NO2S. The normalized spacial score (nSPS) is 23.2. The number of thioether (sulfide) groups is 1. The Morgan fingerprint density at radius 1 is 1.70 bits per heavy atom. The molecule has 1 fully saturated rings.